The number of nitriles is 1. The number of nitrogens with zero attached hydrogens (tertiary/aromatic N) is 1. The van der Waals surface area contributed by atoms with E-state index < -0.39 is 5.91 Å². The van der Waals surface area contributed by atoms with Crippen LogP contribution in [-0.2, 0) is 4.79 Å². The van der Waals surface area contributed by atoms with Gasteiger partial charge in [0, 0.05) is 6.54 Å². The Labute approximate surface area is 137 Å². The predicted octanol–water partition coefficient (Wildman–Crippen LogP) is 2.83. The molecule has 112 valence electrons. The van der Waals surface area contributed by atoms with Gasteiger partial charge in [-0.3, -0.25) is 4.79 Å². The Kier molecular flexibility index (Phi) is 7.02. The van der Waals surface area contributed by atoms with E-state index in [1.807, 2.05) is 35.6 Å². The zero-order valence-corrected chi connectivity index (χ0v) is 14.1. The third kappa shape index (κ3) is 4.93. The van der Waals surface area contributed by atoms with Gasteiger partial charge in [0.2, 0.25) is 0 Å². The molecule has 0 radical (unpaired) electrons. The van der Waals surface area contributed by atoms with E-state index in [4.69, 9.17) is 10.00 Å². The SMILES string of the molecule is CCCCNC(=O)/C(C#N)=C/c1cc(I)c(O)c(OC)c1. The maximum atomic E-state index is 11.9. The van der Waals surface area contributed by atoms with E-state index in [1.54, 1.807) is 12.1 Å². The van der Waals surface area contributed by atoms with Crippen molar-refractivity contribution in [3.63, 3.8) is 0 Å². The number of carbonyl (C=O) groups excluding carboxylic acids is 1. The van der Waals surface area contributed by atoms with E-state index in [2.05, 4.69) is 5.32 Å². The van der Waals surface area contributed by atoms with Gasteiger partial charge in [-0.05, 0) is 52.8 Å². The van der Waals surface area contributed by atoms with E-state index >= 15 is 0 Å². The molecule has 0 bridgehead atoms. The molecule has 1 aromatic carbocycles. The number of halogens is 1. The summed E-state index contributed by atoms with van der Waals surface area (Å²) in [5.41, 5.74) is 0.644. The average molecular weight is 400 g/mol. The van der Waals surface area contributed by atoms with Crippen molar-refractivity contribution in [1.82, 2.24) is 5.32 Å². The highest BCUT2D eigenvalue weighted by Gasteiger charge is 2.11. The molecule has 1 aromatic rings. The van der Waals surface area contributed by atoms with Crippen LogP contribution in [0.3, 0.4) is 0 Å². The molecule has 0 atom stereocenters. The van der Waals surface area contributed by atoms with Crippen LogP contribution in [0.4, 0.5) is 0 Å². The maximum absolute atomic E-state index is 11.9. The molecule has 2 N–H and O–H groups in total. The van der Waals surface area contributed by atoms with Crippen LogP contribution in [-0.4, -0.2) is 24.7 Å². The number of hydrogen-bond acceptors (Lipinski definition) is 4. The second-order valence-electron chi connectivity index (χ2n) is 4.33. The molecule has 0 heterocycles. The van der Waals surface area contributed by atoms with Crippen molar-refractivity contribution in [2.45, 2.75) is 19.8 Å². The van der Waals surface area contributed by atoms with Crippen molar-refractivity contribution >= 4 is 34.6 Å². The number of benzene rings is 1. The van der Waals surface area contributed by atoms with Gasteiger partial charge in [-0.25, -0.2) is 0 Å². The van der Waals surface area contributed by atoms with Crippen LogP contribution in [0.1, 0.15) is 25.3 Å². The molecule has 1 rings (SSSR count). The summed E-state index contributed by atoms with van der Waals surface area (Å²) >= 11 is 1.96. The molecule has 21 heavy (non-hydrogen) atoms. The van der Waals surface area contributed by atoms with E-state index in [9.17, 15) is 9.90 Å². The first-order valence-corrected chi connectivity index (χ1v) is 7.57. The summed E-state index contributed by atoms with van der Waals surface area (Å²) in [5, 5.41) is 21.6. The highest BCUT2D eigenvalue weighted by Crippen LogP contribution is 2.33. The Balaban J connectivity index is 3.01. The molecule has 5 nitrogen and oxygen atoms in total. The van der Waals surface area contributed by atoms with E-state index in [0.717, 1.165) is 12.8 Å². The van der Waals surface area contributed by atoms with Crippen LogP contribution in [0.15, 0.2) is 17.7 Å². The molecule has 0 unspecified atom stereocenters. The highest BCUT2D eigenvalue weighted by atomic mass is 127. The van der Waals surface area contributed by atoms with Crippen molar-refractivity contribution in [1.29, 1.82) is 5.26 Å². The van der Waals surface area contributed by atoms with Crippen molar-refractivity contribution in [2.75, 3.05) is 13.7 Å². The number of methoxy groups -OCH3 is 1. The number of phenols is 1. The lowest BCUT2D eigenvalue weighted by Crippen LogP contribution is -2.25. The summed E-state index contributed by atoms with van der Waals surface area (Å²) in [6.45, 7) is 2.57. The standard InChI is InChI=1S/C15H17IN2O3/c1-3-4-5-18-15(20)11(9-17)6-10-7-12(16)14(19)13(8-10)21-2/h6-8,19H,3-5H2,1-2H3,(H,18,20)/b11-6+. The van der Waals surface area contributed by atoms with Gasteiger partial charge in [-0.1, -0.05) is 13.3 Å². The Morgan fingerprint density at radius 2 is 2.29 bits per heavy atom. The Bertz CT molecular complexity index is 591. The molecular formula is C15H17IN2O3. The number of nitrogens with one attached hydrogen (secondary N) is 1. The second-order valence-corrected chi connectivity index (χ2v) is 5.50. The summed E-state index contributed by atoms with van der Waals surface area (Å²) in [6.07, 6.45) is 3.32. The third-order valence-corrected chi connectivity index (χ3v) is 3.58. The smallest absolute Gasteiger partial charge is 0.261 e. The minimum absolute atomic E-state index is 0.0228. The largest absolute Gasteiger partial charge is 0.504 e. The number of amides is 1. The van der Waals surface area contributed by atoms with Crippen molar-refractivity contribution < 1.29 is 14.6 Å². The summed E-state index contributed by atoms with van der Waals surface area (Å²) in [5.74, 6) is -0.0500. The molecule has 0 aliphatic carbocycles. The molecule has 0 aromatic heterocycles. The third-order valence-electron chi connectivity index (χ3n) is 2.76. The topological polar surface area (TPSA) is 82.4 Å². The van der Waals surface area contributed by atoms with Gasteiger partial charge in [0.1, 0.15) is 11.6 Å². The van der Waals surface area contributed by atoms with Crippen LogP contribution >= 0.6 is 22.6 Å². The van der Waals surface area contributed by atoms with Crippen LogP contribution < -0.4 is 10.1 Å². The van der Waals surface area contributed by atoms with Crippen LogP contribution in [0, 0.1) is 14.9 Å². The zero-order valence-electron chi connectivity index (χ0n) is 11.9. The Hall–Kier alpha value is -1.75. The van der Waals surface area contributed by atoms with Gasteiger partial charge < -0.3 is 15.2 Å². The number of ether oxygens (including phenoxy) is 1. The number of phenolic OH excluding ortho intramolecular Hbond substituents is 1. The lowest BCUT2D eigenvalue weighted by molar-refractivity contribution is -0.117. The number of aromatic hydroxyl groups is 1. The fourth-order valence-electron chi connectivity index (χ4n) is 1.62. The van der Waals surface area contributed by atoms with E-state index in [0.29, 0.717) is 21.4 Å². The van der Waals surface area contributed by atoms with E-state index in [1.165, 1.54) is 13.2 Å². The van der Waals surface area contributed by atoms with Crippen molar-refractivity contribution in [3.8, 4) is 17.6 Å². The van der Waals surface area contributed by atoms with Gasteiger partial charge in [0.15, 0.2) is 11.5 Å². The molecule has 1 amide bonds. The molecule has 0 spiro atoms. The predicted molar refractivity (Wildman–Crippen MR) is 88.9 cm³/mol. The fraction of sp³-hybridized carbons (Fsp3) is 0.333. The average Bonchev–Trinajstić information content (AvgIpc) is 2.48. The van der Waals surface area contributed by atoms with Gasteiger partial charge in [-0.15, -0.1) is 0 Å². The summed E-state index contributed by atoms with van der Waals surface area (Å²) < 4.78 is 5.64. The number of carbonyl (C=O) groups is 1. The Morgan fingerprint density at radius 1 is 1.57 bits per heavy atom. The van der Waals surface area contributed by atoms with Crippen LogP contribution in [0.25, 0.3) is 6.08 Å². The molecule has 0 aliphatic heterocycles. The number of unbranched alkanes of at least 4 members (excludes halogenated alkanes) is 1. The lowest BCUT2D eigenvalue weighted by Gasteiger charge is -2.07. The normalized spacial score (nSPS) is 10.9. The van der Waals surface area contributed by atoms with Crippen LogP contribution in [0.5, 0.6) is 11.5 Å². The summed E-state index contributed by atoms with van der Waals surface area (Å²) in [4.78, 5) is 11.9. The second kappa shape index (κ2) is 8.52. The Morgan fingerprint density at radius 3 is 2.86 bits per heavy atom. The number of hydrogen-bond donors (Lipinski definition) is 2. The first kappa shape index (κ1) is 17.3. The summed E-state index contributed by atoms with van der Waals surface area (Å²) in [7, 11) is 1.45. The highest BCUT2D eigenvalue weighted by molar-refractivity contribution is 14.1. The molecule has 0 saturated heterocycles. The molecule has 0 fully saturated rings. The van der Waals surface area contributed by atoms with Crippen molar-refractivity contribution in [3.05, 3.63) is 26.8 Å². The fourth-order valence-corrected chi connectivity index (χ4v) is 2.25. The monoisotopic (exact) mass is 400 g/mol. The minimum atomic E-state index is -0.395. The lowest BCUT2D eigenvalue weighted by atomic mass is 10.1. The maximum Gasteiger partial charge on any atom is 0.261 e. The van der Waals surface area contributed by atoms with Gasteiger partial charge >= 0.3 is 0 Å². The first-order chi connectivity index (χ1) is 10.0. The molecule has 6 heteroatoms. The van der Waals surface area contributed by atoms with Crippen LogP contribution in [0.2, 0.25) is 0 Å². The van der Waals surface area contributed by atoms with Gasteiger partial charge in [0.25, 0.3) is 5.91 Å². The van der Waals surface area contributed by atoms with Gasteiger partial charge in [0.05, 0.1) is 10.7 Å². The molecule has 0 saturated carbocycles. The quantitative estimate of drug-likeness (QED) is 0.333. The van der Waals surface area contributed by atoms with E-state index in [-0.39, 0.29) is 11.3 Å². The van der Waals surface area contributed by atoms with Gasteiger partial charge in [-0.2, -0.15) is 5.26 Å². The minimum Gasteiger partial charge on any atom is -0.504 e. The van der Waals surface area contributed by atoms with Crippen molar-refractivity contribution in [2.24, 2.45) is 0 Å². The number of rotatable bonds is 6. The molecule has 0 aliphatic rings. The zero-order chi connectivity index (χ0) is 15.8. The summed E-state index contributed by atoms with van der Waals surface area (Å²) in [6, 6.07) is 5.15. The molecular weight excluding hydrogens is 383 g/mol. The first-order valence-electron chi connectivity index (χ1n) is 6.50.